The van der Waals surface area contributed by atoms with Gasteiger partial charge < -0.3 is 19.7 Å². The maximum Gasteiger partial charge on any atom is 0.309 e. The predicted octanol–water partition coefficient (Wildman–Crippen LogP) is 4.83. The van der Waals surface area contributed by atoms with Gasteiger partial charge in [-0.05, 0) is 62.6 Å². The third-order valence-corrected chi connectivity index (χ3v) is 9.00. The first-order chi connectivity index (χ1) is 17.3. The highest BCUT2D eigenvalue weighted by Gasteiger charge is 2.53. The number of aliphatic hydroxyl groups excluding tert-OH is 2. The maximum absolute atomic E-state index is 13.3. The van der Waals surface area contributed by atoms with E-state index < -0.39 is 35.6 Å². The molecule has 37 heavy (non-hydrogen) atoms. The van der Waals surface area contributed by atoms with Gasteiger partial charge in [-0.15, -0.1) is 11.8 Å². The van der Waals surface area contributed by atoms with Crippen molar-refractivity contribution in [2.24, 2.45) is 17.3 Å². The summed E-state index contributed by atoms with van der Waals surface area (Å²) >= 11 is 1.62. The number of cyclic esters (lactones) is 1. The van der Waals surface area contributed by atoms with Crippen molar-refractivity contribution in [3.8, 4) is 0 Å². The molecule has 7 atom stereocenters. The first-order valence-corrected chi connectivity index (χ1v) is 14.5. The topological polar surface area (TPSA) is 109 Å². The summed E-state index contributed by atoms with van der Waals surface area (Å²) in [4.78, 5) is 31.8. The Morgan fingerprint density at radius 3 is 2.51 bits per heavy atom. The predicted molar refractivity (Wildman–Crippen MR) is 145 cm³/mol. The van der Waals surface area contributed by atoms with Crippen LogP contribution in [0.2, 0.25) is 0 Å². The summed E-state index contributed by atoms with van der Waals surface area (Å²) in [7, 11) is 0. The van der Waals surface area contributed by atoms with Crippen LogP contribution in [0.3, 0.4) is 0 Å². The van der Waals surface area contributed by atoms with Crippen molar-refractivity contribution in [2.45, 2.75) is 109 Å². The quantitative estimate of drug-likeness (QED) is 0.323. The van der Waals surface area contributed by atoms with E-state index in [-0.39, 0.29) is 29.8 Å². The number of pyridine rings is 1. The van der Waals surface area contributed by atoms with E-state index in [9.17, 15) is 19.8 Å². The highest BCUT2D eigenvalue weighted by atomic mass is 32.2. The molecular formula is C29H43NO6S. The summed E-state index contributed by atoms with van der Waals surface area (Å²) in [5.41, 5.74) is 0.0872. The number of epoxide rings is 1. The van der Waals surface area contributed by atoms with E-state index in [1.807, 2.05) is 44.5 Å². The number of fused-ring (bicyclic) bond motifs is 1. The van der Waals surface area contributed by atoms with Gasteiger partial charge in [-0.2, -0.15) is 0 Å². The largest absolute Gasteiger partial charge is 0.458 e. The summed E-state index contributed by atoms with van der Waals surface area (Å²) in [6, 6.07) is 3.93. The lowest BCUT2D eigenvalue weighted by Crippen LogP contribution is -2.45. The number of thioether (sulfide) groups is 1. The van der Waals surface area contributed by atoms with E-state index in [1.165, 1.54) is 0 Å². The Balaban J connectivity index is 1.86. The van der Waals surface area contributed by atoms with Crippen LogP contribution in [0.15, 0.2) is 28.8 Å². The van der Waals surface area contributed by atoms with Crippen LogP contribution >= 0.6 is 11.8 Å². The number of carbonyl (C=O) groups excluding carboxylic acids is 2. The zero-order valence-corrected chi connectivity index (χ0v) is 24.0. The number of rotatable bonds is 3. The molecule has 0 radical (unpaired) electrons. The molecule has 0 aliphatic carbocycles. The van der Waals surface area contributed by atoms with Gasteiger partial charge in [0.05, 0.1) is 41.4 Å². The van der Waals surface area contributed by atoms with Crippen LogP contribution in [0.5, 0.6) is 0 Å². The van der Waals surface area contributed by atoms with Gasteiger partial charge in [0.15, 0.2) is 0 Å². The number of nitrogens with zero attached hydrogens (tertiary/aromatic N) is 1. The third-order valence-electron chi connectivity index (χ3n) is 8.29. The van der Waals surface area contributed by atoms with E-state index >= 15 is 0 Å². The molecule has 206 valence electrons. The molecule has 2 N–H and O–H groups in total. The standard InChI is InChI=1S/C29H43NO6S/c1-17-9-8-12-29(6)24(36-29)14-22(18(2)13-20-10-11-21(37-7)16-30-20)35-25(32)15-23(31)28(4,5)27(34)19(3)26(17)33/h10-11,13,16-17,19,22-24,26,31,33H,8-9,12,14-15H2,1-7H3/b18-13+/t17-,19+,22-,23-,24-,26-,29+/m0/s1. The van der Waals surface area contributed by atoms with Gasteiger partial charge in [0.25, 0.3) is 0 Å². The number of ketones is 1. The molecule has 3 rings (SSSR count). The highest BCUT2D eigenvalue weighted by Crippen LogP contribution is 2.45. The molecule has 3 heterocycles. The van der Waals surface area contributed by atoms with E-state index in [0.717, 1.165) is 35.4 Å². The van der Waals surface area contributed by atoms with Crippen molar-refractivity contribution in [1.82, 2.24) is 4.98 Å². The summed E-state index contributed by atoms with van der Waals surface area (Å²) in [5.74, 6) is -1.57. The Hall–Kier alpha value is -1.74. The van der Waals surface area contributed by atoms with Gasteiger partial charge in [-0.3, -0.25) is 14.6 Å². The Morgan fingerprint density at radius 1 is 1.19 bits per heavy atom. The summed E-state index contributed by atoms with van der Waals surface area (Å²) in [5, 5.41) is 21.8. The number of Topliss-reactive ketones (excluding diaryl/α,β-unsaturated/α-hetero) is 1. The highest BCUT2D eigenvalue weighted by molar-refractivity contribution is 7.98. The van der Waals surface area contributed by atoms with Crippen molar-refractivity contribution < 1.29 is 29.3 Å². The molecule has 2 saturated heterocycles. The molecule has 0 unspecified atom stereocenters. The minimum Gasteiger partial charge on any atom is -0.458 e. The average molecular weight is 534 g/mol. The Labute approximate surface area is 225 Å². The van der Waals surface area contributed by atoms with Gasteiger partial charge in [-0.25, -0.2) is 0 Å². The van der Waals surface area contributed by atoms with Gasteiger partial charge >= 0.3 is 5.97 Å². The van der Waals surface area contributed by atoms with Crippen LogP contribution in [-0.4, -0.2) is 63.2 Å². The number of ether oxygens (including phenoxy) is 2. The minimum absolute atomic E-state index is 0.0597. The molecule has 1 aromatic rings. The number of aromatic nitrogens is 1. The molecule has 8 heteroatoms. The maximum atomic E-state index is 13.3. The Bertz CT molecular complexity index is 993. The van der Waals surface area contributed by atoms with Crippen molar-refractivity contribution in [3.05, 3.63) is 29.6 Å². The first-order valence-electron chi connectivity index (χ1n) is 13.2. The van der Waals surface area contributed by atoms with Gasteiger partial charge in [-0.1, -0.05) is 34.1 Å². The van der Waals surface area contributed by atoms with Gasteiger partial charge in [0, 0.05) is 23.4 Å². The van der Waals surface area contributed by atoms with Crippen LogP contribution in [0.4, 0.5) is 0 Å². The molecule has 2 fully saturated rings. The average Bonchev–Trinajstić information content (AvgIpc) is 3.50. The zero-order chi connectivity index (χ0) is 27.5. The van der Waals surface area contributed by atoms with Crippen molar-refractivity contribution in [1.29, 1.82) is 0 Å². The molecule has 2 aliphatic rings. The molecular weight excluding hydrogens is 490 g/mol. The molecule has 1 aromatic heterocycles. The molecule has 0 amide bonds. The SMILES string of the molecule is CSc1ccc(/C=C(\C)[C@@H]2C[C@@H]3O[C@]3(C)CCC[C@H](C)[C@H](O)[C@@H](C)C(=O)C(C)(C)[C@@H](O)CC(=O)O2)nc1. The van der Waals surface area contributed by atoms with E-state index in [4.69, 9.17) is 9.47 Å². The minimum atomic E-state index is -1.24. The third kappa shape index (κ3) is 7.22. The number of aliphatic hydroxyl groups is 2. The normalized spacial score (nSPS) is 36.0. The molecule has 7 nitrogen and oxygen atoms in total. The Kier molecular flexibility index (Phi) is 9.65. The smallest absolute Gasteiger partial charge is 0.309 e. The van der Waals surface area contributed by atoms with E-state index in [1.54, 1.807) is 32.5 Å². The zero-order valence-electron chi connectivity index (χ0n) is 23.2. The summed E-state index contributed by atoms with van der Waals surface area (Å²) in [6.45, 7) is 10.9. The lowest BCUT2D eigenvalue weighted by atomic mass is 9.73. The molecule has 0 bridgehead atoms. The first kappa shape index (κ1) is 29.8. The number of hydrogen-bond donors (Lipinski definition) is 2. The Morgan fingerprint density at radius 2 is 1.89 bits per heavy atom. The molecule has 0 aromatic carbocycles. The molecule has 2 aliphatic heterocycles. The second-order valence-corrected chi connectivity index (χ2v) is 12.5. The second kappa shape index (κ2) is 12.0. The fourth-order valence-electron chi connectivity index (χ4n) is 5.22. The lowest BCUT2D eigenvalue weighted by molar-refractivity contribution is -0.154. The summed E-state index contributed by atoms with van der Waals surface area (Å²) < 4.78 is 12.0. The number of esters is 1. The number of carbonyl (C=O) groups is 2. The van der Waals surface area contributed by atoms with Crippen molar-refractivity contribution in [2.75, 3.05) is 6.26 Å². The molecule has 0 saturated carbocycles. The monoisotopic (exact) mass is 533 g/mol. The number of hydrogen-bond acceptors (Lipinski definition) is 8. The van der Waals surface area contributed by atoms with Crippen LogP contribution < -0.4 is 0 Å². The van der Waals surface area contributed by atoms with Crippen molar-refractivity contribution in [3.63, 3.8) is 0 Å². The lowest BCUT2D eigenvalue weighted by Gasteiger charge is -2.34. The van der Waals surface area contributed by atoms with Crippen LogP contribution in [-0.2, 0) is 19.1 Å². The van der Waals surface area contributed by atoms with E-state index in [2.05, 4.69) is 11.9 Å². The molecule has 0 spiro atoms. The fraction of sp³-hybridized carbons (Fsp3) is 0.690. The van der Waals surface area contributed by atoms with Crippen LogP contribution in [0.1, 0.15) is 79.3 Å². The van der Waals surface area contributed by atoms with Crippen LogP contribution in [0, 0.1) is 17.3 Å². The fourth-order valence-corrected chi connectivity index (χ4v) is 5.58. The van der Waals surface area contributed by atoms with Crippen LogP contribution in [0.25, 0.3) is 6.08 Å². The second-order valence-electron chi connectivity index (χ2n) is 11.6. The van der Waals surface area contributed by atoms with E-state index in [0.29, 0.717) is 6.42 Å². The van der Waals surface area contributed by atoms with Gasteiger partial charge in [0.1, 0.15) is 11.9 Å². The van der Waals surface area contributed by atoms with Crippen molar-refractivity contribution >= 4 is 29.6 Å². The summed E-state index contributed by atoms with van der Waals surface area (Å²) in [6.07, 6.45) is 5.68. The van der Waals surface area contributed by atoms with Gasteiger partial charge in [0.2, 0.25) is 0 Å².